The quantitative estimate of drug-likeness (QED) is 0.795. The van der Waals surface area contributed by atoms with E-state index >= 15 is 0 Å². The minimum absolute atomic E-state index is 0.176. The van der Waals surface area contributed by atoms with Crippen molar-refractivity contribution in [2.24, 2.45) is 5.92 Å². The van der Waals surface area contributed by atoms with Gasteiger partial charge in [0.2, 0.25) is 10.0 Å². The minimum atomic E-state index is -3.62. The summed E-state index contributed by atoms with van der Waals surface area (Å²) in [5.74, 6) is 0.307. The van der Waals surface area contributed by atoms with Crippen molar-refractivity contribution in [1.82, 2.24) is 4.31 Å². The summed E-state index contributed by atoms with van der Waals surface area (Å²) in [6.07, 6.45) is 1.32. The first-order valence-electron chi connectivity index (χ1n) is 7.21. The van der Waals surface area contributed by atoms with E-state index in [4.69, 9.17) is 11.6 Å². The molecule has 0 bridgehead atoms. The highest BCUT2D eigenvalue weighted by Crippen LogP contribution is 2.23. The number of halogens is 1. The van der Waals surface area contributed by atoms with Crippen LogP contribution >= 0.6 is 11.6 Å². The molecule has 4 nitrogen and oxygen atoms in total. The van der Waals surface area contributed by atoms with Crippen molar-refractivity contribution < 1.29 is 13.5 Å². The molecule has 0 amide bonds. The van der Waals surface area contributed by atoms with Crippen LogP contribution in [0, 0.1) is 5.92 Å². The molecule has 0 saturated heterocycles. The van der Waals surface area contributed by atoms with Crippen molar-refractivity contribution in [3.63, 3.8) is 0 Å². The summed E-state index contributed by atoms with van der Waals surface area (Å²) in [5, 5.41) is 10.1. The first kappa shape index (κ1) is 18.4. The van der Waals surface area contributed by atoms with Gasteiger partial charge in [-0.1, -0.05) is 32.4 Å². The molecule has 0 spiro atoms. The molecule has 0 aliphatic carbocycles. The first-order valence-corrected chi connectivity index (χ1v) is 9.03. The molecular weight excluding hydrogens is 310 g/mol. The van der Waals surface area contributed by atoms with Crippen molar-refractivity contribution in [2.45, 2.75) is 44.6 Å². The van der Waals surface area contributed by atoms with Crippen LogP contribution in [0.1, 0.15) is 33.6 Å². The number of hydrogen-bond donors (Lipinski definition) is 1. The fraction of sp³-hybridized carbons (Fsp3) is 0.600. The topological polar surface area (TPSA) is 57.6 Å². The van der Waals surface area contributed by atoms with E-state index in [2.05, 4.69) is 0 Å². The Labute approximate surface area is 132 Å². The molecule has 1 atom stereocenters. The number of aliphatic hydroxyl groups excluding tert-OH is 1. The molecule has 1 aromatic rings. The van der Waals surface area contributed by atoms with Gasteiger partial charge in [0.1, 0.15) is 0 Å². The molecule has 1 N–H and O–H groups in total. The normalized spacial score (nSPS) is 13.9. The molecule has 0 fully saturated rings. The van der Waals surface area contributed by atoms with E-state index in [0.717, 1.165) is 0 Å². The Balaban J connectivity index is 3.15. The van der Waals surface area contributed by atoms with Gasteiger partial charge in [-0.3, -0.25) is 0 Å². The molecule has 21 heavy (non-hydrogen) atoms. The van der Waals surface area contributed by atoms with Crippen LogP contribution in [-0.4, -0.2) is 37.0 Å². The zero-order valence-electron chi connectivity index (χ0n) is 12.8. The van der Waals surface area contributed by atoms with Crippen LogP contribution in [0.2, 0.25) is 5.02 Å². The van der Waals surface area contributed by atoms with Crippen LogP contribution < -0.4 is 0 Å². The smallest absolute Gasteiger partial charge is 0.243 e. The Bertz CT molecular complexity index is 528. The van der Waals surface area contributed by atoms with E-state index in [9.17, 15) is 13.5 Å². The van der Waals surface area contributed by atoms with Crippen LogP contribution in [0.5, 0.6) is 0 Å². The van der Waals surface area contributed by atoms with Gasteiger partial charge in [-0.25, -0.2) is 8.42 Å². The third-order valence-corrected chi connectivity index (χ3v) is 5.44. The molecule has 0 saturated carbocycles. The van der Waals surface area contributed by atoms with E-state index < -0.39 is 16.1 Å². The van der Waals surface area contributed by atoms with Crippen LogP contribution in [0.15, 0.2) is 29.2 Å². The van der Waals surface area contributed by atoms with Crippen LogP contribution in [0.25, 0.3) is 0 Å². The zero-order chi connectivity index (χ0) is 16.0. The second-order valence-corrected chi connectivity index (χ2v) is 7.86. The molecular formula is C15H24ClNO3S. The van der Waals surface area contributed by atoms with Gasteiger partial charge in [-0.05, 0) is 43.0 Å². The lowest BCUT2D eigenvalue weighted by Crippen LogP contribution is -2.43. The summed E-state index contributed by atoms with van der Waals surface area (Å²) >= 11 is 5.81. The molecule has 0 aliphatic heterocycles. The SMILES string of the molecule is CCCN(C(CO)CC(C)C)S(=O)(=O)c1ccc(Cl)cc1. The van der Waals surface area contributed by atoms with Gasteiger partial charge in [-0.2, -0.15) is 4.31 Å². The lowest BCUT2D eigenvalue weighted by molar-refractivity contribution is 0.168. The number of hydrogen-bond acceptors (Lipinski definition) is 3. The van der Waals surface area contributed by atoms with Gasteiger partial charge in [0.15, 0.2) is 0 Å². The molecule has 1 rings (SSSR count). The Morgan fingerprint density at radius 1 is 1.24 bits per heavy atom. The maximum atomic E-state index is 12.8. The van der Waals surface area contributed by atoms with Crippen LogP contribution in [0.4, 0.5) is 0 Å². The summed E-state index contributed by atoms with van der Waals surface area (Å²) in [7, 11) is -3.62. The maximum absolute atomic E-state index is 12.8. The van der Waals surface area contributed by atoms with E-state index in [1.165, 1.54) is 16.4 Å². The summed E-state index contributed by atoms with van der Waals surface area (Å²) < 4.78 is 27.0. The fourth-order valence-electron chi connectivity index (χ4n) is 2.29. The predicted octanol–water partition coefficient (Wildman–Crippen LogP) is 3.15. The Hall–Kier alpha value is -0.620. The third kappa shape index (κ3) is 4.95. The summed E-state index contributed by atoms with van der Waals surface area (Å²) in [6, 6.07) is 5.74. The molecule has 120 valence electrons. The molecule has 1 unspecified atom stereocenters. The van der Waals surface area contributed by atoms with Gasteiger partial charge in [0, 0.05) is 17.6 Å². The van der Waals surface area contributed by atoms with Crippen molar-refractivity contribution >= 4 is 21.6 Å². The monoisotopic (exact) mass is 333 g/mol. The molecule has 0 aromatic heterocycles. The van der Waals surface area contributed by atoms with Crippen molar-refractivity contribution in [2.75, 3.05) is 13.2 Å². The lowest BCUT2D eigenvalue weighted by Gasteiger charge is -2.30. The van der Waals surface area contributed by atoms with Gasteiger partial charge in [0.05, 0.1) is 11.5 Å². The van der Waals surface area contributed by atoms with E-state index in [-0.39, 0.29) is 11.5 Å². The van der Waals surface area contributed by atoms with Gasteiger partial charge in [0.25, 0.3) is 0 Å². The summed E-state index contributed by atoms with van der Waals surface area (Å²) in [4.78, 5) is 0.211. The lowest BCUT2D eigenvalue weighted by atomic mass is 10.0. The van der Waals surface area contributed by atoms with E-state index in [1.54, 1.807) is 12.1 Å². The first-order chi connectivity index (χ1) is 9.82. The Morgan fingerprint density at radius 2 is 1.81 bits per heavy atom. The minimum Gasteiger partial charge on any atom is -0.395 e. The Morgan fingerprint density at radius 3 is 2.24 bits per heavy atom. The van der Waals surface area contributed by atoms with E-state index in [1.807, 2.05) is 20.8 Å². The molecule has 0 radical (unpaired) electrons. The average Bonchev–Trinajstić information content (AvgIpc) is 2.42. The molecule has 6 heteroatoms. The van der Waals surface area contributed by atoms with Crippen LogP contribution in [0.3, 0.4) is 0 Å². The number of nitrogens with zero attached hydrogens (tertiary/aromatic N) is 1. The number of sulfonamides is 1. The number of benzene rings is 1. The van der Waals surface area contributed by atoms with E-state index in [0.29, 0.717) is 30.3 Å². The van der Waals surface area contributed by atoms with Crippen molar-refractivity contribution in [1.29, 1.82) is 0 Å². The van der Waals surface area contributed by atoms with Crippen LogP contribution in [-0.2, 0) is 10.0 Å². The summed E-state index contributed by atoms with van der Waals surface area (Å²) in [6.45, 7) is 6.17. The highest BCUT2D eigenvalue weighted by atomic mass is 35.5. The van der Waals surface area contributed by atoms with Crippen molar-refractivity contribution in [3.8, 4) is 0 Å². The highest BCUT2D eigenvalue weighted by molar-refractivity contribution is 7.89. The second-order valence-electron chi connectivity index (χ2n) is 5.54. The maximum Gasteiger partial charge on any atom is 0.243 e. The number of aliphatic hydroxyl groups is 1. The third-order valence-electron chi connectivity index (χ3n) is 3.23. The van der Waals surface area contributed by atoms with Gasteiger partial charge in [-0.15, -0.1) is 0 Å². The largest absolute Gasteiger partial charge is 0.395 e. The summed E-state index contributed by atoms with van der Waals surface area (Å²) in [5.41, 5.74) is 0. The average molecular weight is 334 g/mol. The zero-order valence-corrected chi connectivity index (χ0v) is 14.4. The van der Waals surface area contributed by atoms with Gasteiger partial charge < -0.3 is 5.11 Å². The van der Waals surface area contributed by atoms with Crippen molar-refractivity contribution in [3.05, 3.63) is 29.3 Å². The highest BCUT2D eigenvalue weighted by Gasteiger charge is 2.30. The Kier molecular flexibility index (Phi) is 7.13. The molecule has 0 aliphatic rings. The molecule has 0 heterocycles. The molecule has 1 aromatic carbocycles. The standard InChI is InChI=1S/C15H24ClNO3S/c1-4-9-17(14(11-18)10-12(2)3)21(19,20)15-7-5-13(16)6-8-15/h5-8,12,14,18H,4,9-11H2,1-3H3. The fourth-order valence-corrected chi connectivity index (χ4v) is 4.13. The number of rotatable bonds is 8. The van der Waals surface area contributed by atoms with Gasteiger partial charge >= 0.3 is 0 Å². The predicted molar refractivity (Wildman–Crippen MR) is 86.0 cm³/mol. The second kappa shape index (κ2) is 8.13.